The van der Waals surface area contributed by atoms with E-state index in [0.717, 1.165) is 10.4 Å². The van der Waals surface area contributed by atoms with Crippen LogP contribution in [0.25, 0.3) is 0 Å². The summed E-state index contributed by atoms with van der Waals surface area (Å²) in [5.41, 5.74) is 0.250. The topological polar surface area (TPSA) is 95.9 Å². The number of aliphatic hydroxyl groups excluding tert-OH is 1. The number of carbonyl (C=O) groups is 1. The van der Waals surface area contributed by atoms with E-state index in [9.17, 15) is 27.1 Å². The number of anilines is 2. The highest BCUT2D eigenvalue weighted by molar-refractivity contribution is 7.92. The van der Waals surface area contributed by atoms with Crippen molar-refractivity contribution in [3.63, 3.8) is 0 Å². The fraction of sp³-hybridized carbons (Fsp3) is 0.136. The number of halogens is 4. The molecule has 0 saturated carbocycles. The van der Waals surface area contributed by atoms with Gasteiger partial charge >= 0.3 is 0 Å². The summed E-state index contributed by atoms with van der Waals surface area (Å²) in [6.45, 7) is -0.800. The Morgan fingerprint density at radius 2 is 1.79 bits per heavy atom. The number of amides is 1. The number of fused-ring (bicyclic) bond motifs is 1. The van der Waals surface area contributed by atoms with Crippen LogP contribution in [0.1, 0.15) is 10.4 Å². The summed E-state index contributed by atoms with van der Waals surface area (Å²) in [4.78, 5) is 12.2. The minimum atomic E-state index is -4.39. The number of hydrogen-bond donors (Lipinski definition) is 2. The van der Waals surface area contributed by atoms with Crippen LogP contribution < -0.4 is 14.4 Å². The lowest BCUT2D eigenvalue weighted by molar-refractivity contribution is 0.102. The van der Waals surface area contributed by atoms with Crippen LogP contribution in [0, 0.1) is 11.6 Å². The van der Waals surface area contributed by atoms with Gasteiger partial charge < -0.3 is 15.2 Å². The van der Waals surface area contributed by atoms with Crippen LogP contribution in [0.4, 0.5) is 20.2 Å². The molecule has 0 bridgehead atoms. The Morgan fingerprint density at radius 1 is 1.09 bits per heavy atom. The molecule has 34 heavy (non-hydrogen) atoms. The zero-order valence-corrected chi connectivity index (χ0v) is 19.5. The van der Waals surface area contributed by atoms with Crippen LogP contribution in [0.3, 0.4) is 0 Å². The first-order valence-corrected chi connectivity index (χ1v) is 12.0. The predicted molar refractivity (Wildman–Crippen MR) is 123 cm³/mol. The van der Waals surface area contributed by atoms with Crippen molar-refractivity contribution in [2.75, 3.05) is 22.8 Å². The fourth-order valence-electron chi connectivity index (χ4n) is 3.39. The lowest BCUT2D eigenvalue weighted by atomic mass is 10.1. The highest BCUT2D eigenvalue weighted by Gasteiger charge is 2.35. The summed E-state index contributed by atoms with van der Waals surface area (Å²) in [6, 6.07) is 11.0. The van der Waals surface area contributed by atoms with Crippen LogP contribution in [-0.2, 0) is 10.0 Å². The number of carbonyl (C=O) groups excluding carboxylic acids is 1. The van der Waals surface area contributed by atoms with E-state index in [1.807, 2.05) is 0 Å². The Morgan fingerprint density at radius 3 is 2.44 bits per heavy atom. The molecule has 1 heterocycles. The molecule has 178 valence electrons. The van der Waals surface area contributed by atoms with Gasteiger partial charge in [0, 0.05) is 5.69 Å². The van der Waals surface area contributed by atoms with Gasteiger partial charge in [0.05, 0.1) is 39.3 Å². The third-order valence-corrected chi connectivity index (χ3v) is 7.43. The van der Waals surface area contributed by atoms with Crippen molar-refractivity contribution in [1.82, 2.24) is 0 Å². The zero-order chi connectivity index (χ0) is 24.6. The van der Waals surface area contributed by atoms with E-state index in [-0.39, 0.29) is 39.3 Å². The normalized spacial score (nSPS) is 15.4. The molecule has 0 fully saturated rings. The Labute approximate surface area is 203 Å². The minimum absolute atomic E-state index is 0.0255. The van der Waals surface area contributed by atoms with Crippen LogP contribution in [0.5, 0.6) is 5.75 Å². The van der Waals surface area contributed by atoms with Crippen molar-refractivity contribution in [3.8, 4) is 5.75 Å². The maximum Gasteiger partial charge on any atom is 0.264 e. The van der Waals surface area contributed by atoms with Crippen molar-refractivity contribution >= 4 is 50.5 Å². The maximum atomic E-state index is 13.8. The summed E-state index contributed by atoms with van der Waals surface area (Å²) < 4.78 is 60.2. The fourth-order valence-corrected chi connectivity index (χ4v) is 5.47. The van der Waals surface area contributed by atoms with Crippen LogP contribution in [-0.4, -0.2) is 38.7 Å². The molecule has 3 aromatic rings. The molecule has 3 aromatic carbocycles. The second-order valence-corrected chi connectivity index (χ2v) is 9.94. The summed E-state index contributed by atoms with van der Waals surface area (Å²) in [5.74, 6) is -3.05. The number of benzene rings is 3. The van der Waals surface area contributed by atoms with Gasteiger partial charge in [-0.25, -0.2) is 17.2 Å². The van der Waals surface area contributed by atoms with E-state index in [1.165, 1.54) is 30.3 Å². The van der Waals surface area contributed by atoms with Gasteiger partial charge in [0.1, 0.15) is 11.9 Å². The molecule has 12 heteroatoms. The number of aliphatic hydroxyl groups is 1. The third-order valence-electron chi connectivity index (χ3n) is 5.02. The lowest BCUT2D eigenvalue weighted by Crippen LogP contribution is -2.45. The van der Waals surface area contributed by atoms with Crippen molar-refractivity contribution in [3.05, 3.63) is 81.8 Å². The van der Waals surface area contributed by atoms with Gasteiger partial charge in [0.15, 0.2) is 11.6 Å². The molecule has 0 aromatic heterocycles. The van der Waals surface area contributed by atoms with Crippen LogP contribution >= 0.6 is 23.2 Å². The smallest absolute Gasteiger partial charge is 0.264 e. The largest absolute Gasteiger partial charge is 0.484 e. The molecule has 1 atom stereocenters. The van der Waals surface area contributed by atoms with Gasteiger partial charge in [-0.2, -0.15) is 0 Å². The van der Waals surface area contributed by atoms with E-state index in [0.29, 0.717) is 12.1 Å². The molecule has 0 radical (unpaired) electrons. The maximum absolute atomic E-state index is 13.8. The molecule has 1 aliphatic heterocycles. The van der Waals surface area contributed by atoms with Gasteiger partial charge in [-0.1, -0.05) is 29.3 Å². The molecule has 0 aliphatic carbocycles. The number of nitrogens with zero attached hydrogens (tertiary/aromatic N) is 1. The third kappa shape index (κ3) is 4.54. The SMILES string of the molecule is O=C(Nc1ccc2c(c1)N(S(=O)(=O)c1ccc(F)c(F)c1)C[C@@H](CO)O2)c1c(Cl)cccc1Cl. The summed E-state index contributed by atoms with van der Waals surface area (Å²) in [5, 5.41) is 12.4. The Hall–Kier alpha value is -2.92. The highest BCUT2D eigenvalue weighted by Crippen LogP contribution is 2.39. The first kappa shape index (κ1) is 24.2. The Bertz CT molecular complexity index is 1370. The van der Waals surface area contributed by atoms with Gasteiger partial charge in [0.2, 0.25) is 0 Å². The van der Waals surface area contributed by atoms with Crippen molar-refractivity contribution in [2.45, 2.75) is 11.0 Å². The molecular formula is C22H16Cl2F2N2O5S. The zero-order valence-electron chi connectivity index (χ0n) is 17.1. The molecule has 1 aliphatic rings. The number of sulfonamides is 1. The molecule has 0 unspecified atom stereocenters. The average Bonchev–Trinajstić information content (AvgIpc) is 2.79. The van der Waals surface area contributed by atoms with E-state index in [2.05, 4.69) is 5.32 Å². The number of nitrogens with one attached hydrogen (secondary N) is 1. The second kappa shape index (κ2) is 9.38. The second-order valence-electron chi connectivity index (χ2n) is 7.27. The predicted octanol–water partition coefficient (Wildman–Crippen LogP) is 4.47. The molecule has 7 nitrogen and oxygen atoms in total. The van der Waals surface area contributed by atoms with Crippen molar-refractivity contribution < 1.29 is 31.8 Å². The van der Waals surface area contributed by atoms with Crippen molar-refractivity contribution in [2.24, 2.45) is 0 Å². The van der Waals surface area contributed by atoms with Crippen LogP contribution in [0.15, 0.2) is 59.5 Å². The van der Waals surface area contributed by atoms with Gasteiger partial charge in [0.25, 0.3) is 15.9 Å². The van der Waals surface area contributed by atoms with E-state index < -0.39 is 45.2 Å². The summed E-state index contributed by atoms with van der Waals surface area (Å²) in [6.07, 6.45) is -0.907. The molecule has 1 amide bonds. The lowest BCUT2D eigenvalue weighted by Gasteiger charge is -2.35. The van der Waals surface area contributed by atoms with E-state index in [1.54, 1.807) is 6.07 Å². The summed E-state index contributed by atoms with van der Waals surface area (Å²) in [7, 11) is -4.39. The van der Waals surface area contributed by atoms with Crippen LogP contribution in [0.2, 0.25) is 10.0 Å². The number of rotatable bonds is 5. The van der Waals surface area contributed by atoms with E-state index in [4.69, 9.17) is 27.9 Å². The van der Waals surface area contributed by atoms with Gasteiger partial charge in [-0.3, -0.25) is 9.10 Å². The number of hydrogen-bond acceptors (Lipinski definition) is 5. The van der Waals surface area contributed by atoms with Crippen molar-refractivity contribution in [1.29, 1.82) is 0 Å². The monoisotopic (exact) mass is 528 g/mol. The quantitative estimate of drug-likeness (QED) is 0.509. The van der Waals surface area contributed by atoms with E-state index >= 15 is 0 Å². The standard InChI is InChI=1S/C22H16Cl2F2N2O5S/c23-15-2-1-3-16(24)21(15)22(30)27-12-4-7-20-19(8-12)28(10-13(11-29)33-20)34(31,32)14-5-6-17(25)18(26)9-14/h1-9,13,29H,10-11H2,(H,27,30)/t13-/m0/s1. The molecule has 4 rings (SSSR count). The Kier molecular flexibility index (Phi) is 6.68. The first-order chi connectivity index (χ1) is 16.1. The minimum Gasteiger partial charge on any atom is -0.484 e. The first-order valence-electron chi connectivity index (χ1n) is 9.76. The van der Waals surface area contributed by atoms with Gasteiger partial charge in [-0.05, 0) is 48.5 Å². The molecule has 0 spiro atoms. The van der Waals surface area contributed by atoms with Gasteiger partial charge in [-0.15, -0.1) is 0 Å². The Balaban J connectivity index is 1.74. The molecular weight excluding hydrogens is 513 g/mol. The average molecular weight is 529 g/mol. The molecule has 2 N–H and O–H groups in total. The molecule has 0 saturated heterocycles. The summed E-state index contributed by atoms with van der Waals surface area (Å²) >= 11 is 12.2. The number of ether oxygens (including phenoxy) is 1. The highest BCUT2D eigenvalue weighted by atomic mass is 35.5.